The van der Waals surface area contributed by atoms with Crippen molar-refractivity contribution < 1.29 is 29.0 Å². The summed E-state index contributed by atoms with van der Waals surface area (Å²) < 4.78 is 13.3. The molecule has 2 aromatic rings. The Balaban J connectivity index is 1.96. The second kappa shape index (κ2) is 9.55. The first-order chi connectivity index (χ1) is 14.8. The van der Waals surface area contributed by atoms with Crippen molar-refractivity contribution in [3.63, 3.8) is 0 Å². The normalized spacial score (nSPS) is 17.9. The topological polar surface area (TPSA) is 94.9 Å². The highest BCUT2D eigenvalue weighted by atomic mass is 19.1. The van der Waals surface area contributed by atoms with Gasteiger partial charge in [0.25, 0.3) is 11.7 Å². The number of rotatable bonds is 8. The third-order valence-corrected chi connectivity index (χ3v) is 5.34. The number of likely N-dealkylation sites (tertiary alicyclic amines) is 1. The molecule has 7 heteroatoms. The van der Waals surface area contributed by atoms with Crippen molar-refractivity contribution in [1.29, 1.82) is 0 Å². The summed E-state index contributed by atoms with van der Waals surface area (Å²) in [6.07, 6.45) is 1.64. The Kier molecular flexibility index (Phi) is 6.84. The molecule has 6 nitrogen and oxygen atoms in total. The number of ketones is 1. The lowest BCUT2D eigenvalue weighted by atomic mass is 9.94. The Labute approximate surface area is 179 Å². The van der Waals surface area contributed by atoms with Gasteiger partial charge in [0.1, 0.15) is 11.6 Å². The minimum Gasteiger partial charge on any atom is -0.507 e. The number of Topliss-reactive ketones (excluding diaryl/α,β-unsaturated/α-hetero) is 1. The number of amides is 1. The van der Waals surface area contributed by atoms with Crippen molar-refractivity contribution in [3.05, 3.63) is 76.6 Å². The molecule has 0 saturated carbocycles. The number of carbonyl (C=O) groups is 3. The number of carbonyl (C=O) groups excluding carboxylic acids is 2. The van der Waals surface area contributed by atoms with Gasteiger partial charge in [-0.15, -0.1) is 0 Å². The number of unbranched alkanes of at least 4 members (excludes halogenated alkanes) is 2. The van der Waals surface area contributed by atoms with Crippen molar-refractivity contribution in [2.45, 2.75) is 38.6 Å². The third kappa shape index (κ3) is 4.99. The van der Waals surface area contributed by atoms with E-state index >= 15 is 0 Å². The van der Waals surface area contributed by atoms with E-state index in [1.165, 1.54) is 29.2 Å². The standard InChI is InChI=1S/C24H24FNO5/c1-15-6-8-16(9-7-15)21-20(22(29)17-10-12-18(25)13-11-17)23(30)24(31)26(21)14-4-2-3-5-19(27)28/h6-13,21,29H,2-5,14H2,1H3,(H,27,28). The van der Waals surface area contributed by atoms with Gasteiger partial charge in [0.15, 0.2) is 0 Å². The molecule has 1 amide bonds. The number of aliphatic carboxylic acids is 1. The molecule has 2 N–H and O–H groups in total. The van der Waals surface area contributed by atoms with E-state index < -0.39 is 29.5 Å². The summed E-state index contributed by atoms with van der Waals surface area (Å²) in [5.41, 5.74) is 1.90. The van der Waals surface area contributed by atoms with Gasteiger partial charge in [-0.25, -0.2) is 4.39 Å². The highest BCUT2D eigenvalue weighted by Gasteiger charge is 2.45. The molecule has 1 fully saturated rings. The molecule has 31 heavy (non-hydrogen) atoms. The van der Waals surface area contributed by atoms with Gasteiger partial charge in [-0.2, -0.15) is 0 Å². The minimum absolute atomic E-state index is 0.0361. The fourth-order valence-corrected chi connectivity index (χ4v) is 3.70. The Morgan fingerprint density at radius 2 is 1.61 bits per heavy atom. The molecule has 162 valence electrons. The predicted octanol–water partition coefficient (Wildman–Crippen LogP) is 4.20. The van der Waals surface area contributed by atoms with Gasteiger partial charge < -0.3 is 15.1 Å². The number of carboxylic acid groups (broad SMARTS) is 1. The summed E-state index contributed by atoms with van der Waals surface area (Å²) in [6.45, 7) is 2.17. The molecule has 3 rings (SSSR count). The first kappa shape index (κ1) is 22.2. The van der Waals surface area contributed by atoms with Crippen LogP contribution in [0.4, 0.5) is 4.39 Å². The Morgan fingerprint density at radius 1 is 0.968 bits per heavy atom. The number of hydrogen-bond acceptors (Lipinski definition) is 4. The molecule has 1 aliphatic heterocycles. The van der Waals surface area contributed by atoms with Crippen LogP contribution < -0.4 is 0 Å². The van der Waals surface area contributed by atoms with E-state index in [0.29, 0.717) is 24.8 Å². The predicted molar refractivity (Wildman–Crippen MR) is 113 cm³/mol. The number of aliphatic hydroxyl groups excluding tert-OH is 1. The first-order valence-corrected chi connectivity index (χ1v) is 10.1. The van der Waals surface area contributed by atoms with Crippen LogP contribution in [0.15, 0.2) is 54.1 Å². The van der Waals surface area contributed by atoms with E-state index in [-0.39, 0.29) is 29.9 Å². The van der Waals surface area contributed by atoms with E-state index in [1.807, 2.05) is 19.1 Å². The fourth-order valence-electron chi connectivity index (χ4n) is 3.70. The van der Waals surface area contributed by atoms with Crippen LogP contribution in [-0.2, 0) is 14.4 Å². The zero-order valence-corrected chi connectivity index (χ0v) is 17.2. The molecule has 0 spiro atoms. The number of nitrogens with zero attached hydrogens (tertiary/aromatic N) is 1. The lowest BCUT2D eigenvalue weighted by molar-refractivity contribution is -0.140. The minimum atomic E-state index is -0.876. The molecule has 1 aliphatic rings. The van der Waals surface area contributed by atoms with Crippen LogP contribution in [0, 0.1) is 12.7 Å². The summed E-state index contributed by atoms with van der Waals surface area (Å²) >= 11 is 0. The first-order valence-electron chi connectivity index (χ1n) is 10.1. The van der Waals surface area contributed by atoms with E-state index in [1.54, 1.807) is 12.1 Å². The van der Waals surface area contributed by atoms with Crippen LogP contribution in [0.1, 0.15) is 48.4 Å². The summed E-state index contributed by atoms with van der Waals surface area (Å²) in [5.74, 6) is -3.21. The molecule has 1 saturated heterocycles. The molecular weight excluding hydrogens is 401 g/mol. The number of carboxylic acids is 1. The van der Waals surface area contributed by atoms with Gasteiger partial charge in [-0.05, 0) is 49.6 Å². The molecule has 1 heterocycles. The van der Waals surface area contributed by atoms with Gasteiger partial charge in [0.05, 0.1) is 11.6 Å². The van der Waals surface area contributed by atoms with Gasteiger partial charge >= 0.3 is 5.97 Å². The average molecular weight is 425 g/mol. The average Bonchev–Trinajstić information content (AvgIpc) is 2.99. The lowest BCUT2D eigenvalue weighted by Crippen LogP contribution is -2.30. The summed E-state index contributed by atoms with van der Waals surface area (Å²) in [5, 5.41) is 19.6. The van der Waals surface area contributed by atoms with Crippen molar-refractivity contribution in [3.8, 4) is 0 Å². The third-order valence-electron chi connectivity index (χ3n) is 5.34. The number of aryl methyl sites for hydroxylation is 1. The van der Waals surface area contributed by atoms with Crippen molar-refractivity contribution in [2.75, 3.05) is 6.54 Å². The van der Waals surface area contributed by atoms with Crippen molar-refractivity contribution in [1.82, 2.24) is 4.90 Å². The molecular formula is C24H24FNO5. The maximum absolute atomic E-state index is 13.3. The molecule has 2 aromatic carbocycles. The van der Waals surface area contributed by atoms with Crippen molar-refractivity contribution in [2.24, 2.45) is 0 Å². The molecule has 0 aliphatic carbocycles. The lowest BCUT2D eigenvalue weighted by Gasteiger charge is -2.25. The zero-order chi connectivity index (χ0) is 22.5. The van der Waals surface area contributed by atoms with Crippen LogP contribution in [0.3, 0.4) is 0 Å². The molecule has 0 radical (unpaired) electrons. The Bertz CT molecular complexity index is 1010. The van der Waals surface area contributed by atoms with Crippen LogP contribution in [-0.4, -0.2) is 39.3 Å². The summed E-state index contributed by atoms with van der Waals surface area (Å²) in [6, 6.07) is 11.6. The number of aliphatic hydroxyl groups is 1. The highest BCUT2D eigenvalue weighted by Crippen LogP contribution is 2.39. The molecule has 0 bridgehead atoms. The monoisotopic (exact) mass is 425 g/mol. The van der Waals surface area contributed by atoms with Gasteiger partial charge in [-0.1, -0.05) is 36.2 Å². The maximum Gasteiger partial charge on any atom is 0.303 e. The second-order valence-electron chi connectivity index (χ2n) is 7.61. The van der Waals surface area contributed by atoms with Gasteiger partial charge in [0.2, 0.25) is 0 Å². The highest BCUT2D eigenvalue weighted by molar-refractivity contribution is 6.46. The molecule has 1 unspecified atom stereocenters. The number of halogens is 1. The smallest absolute Gasteiger partial charge is 0.303 e. The van der Waals surface area contributed by atoms with Crippen LogP contribution in [0.2, 0.25) is 0 Å². The zero-order valence-electron chi connectivity index (χ0n) is 17.2. The molecule has 1 atom stereocenters. The van der Waals surface area contributed by atoms with Crippen LogP contribution in [0.25, 0.3) is 5.76 Å². The Morgan fingerprint density at radius 3 is 2.23 bits per heavy atom. The molecule has 0 aromatic heterocycles. The van der Waals surface area contributed by atoms with Crippen LogP contribution >= 0.6 is 0 Å². The quantitative estimate of drug-likeness (QED) is 0.286. The van der Waals surface area contributed by atoms with Crippen molar-refractivity contribution >= 4 is 23.4 Å². The van der Waals surface area contributed by atoms with E-state index in [4.69, 9.17) is 5.11 Å². The second-order valence-corrected chi connectivity index (χ2v) is 7.61. The summed E-state index contributed by atoms with van der Waals surface area (Å²) in [4.78, 5) is 37.8. The number of benzene rings is 2. The largest absolute Gasteiger partial charge is 0.507 e. The van der Waals surface area contributed by atoms with Gasteiger partial charge in [0, 0.05) is 18.5 Å². The van der Waals surface area contributed by atoms with E-state index in [0.717, 1.165) is 5.56 Å². The summed E-state index contributed by atoms with van der Waals surface area (Å²) in [7, 11) is 0. The van der Waals surface area contributed by atoms with Gasteiger partial charge in [-0.3, -0.25) is 14.4 Å². The van der Waals surface area contributed by atoms with E-state index in [2.05, 4.69) is 0 Å². The number of hydrogen-bond donors (Lipinski definition) is 2. The van der Waals surface area contributed by atoms with E-state index in [9.17, 15) is 23.9 Å². The fraction of sp³-hybridized carbons (Fsp3) is 0.292. The Hall–Kier alpha value is -3.48. The SMILES string of the molecule is Cc1ccc(C2C(=C(O)c3ccc(F)cc3)C(=O)C(=O)N2CCCCCC(=O)O)cc1. The maximum atomic E-state index is 13.3. The van der Waals surface area contributed by atoms with Crippen LogP contribution in [0.5, 0.6) is 0 Å².